The molecule has 0 N–H and O–H groups in total. The minimum absolute atomic E-state index is 0.0100. The SMILES string of the molecule is CC(C)(C)O[C@@H]1C(=O)C=C[C@H]1OC(C)(C)C. The normalized spacial score (nSPS) is 26.5. The van der Waals surface area contributed by atoms with E-state index in [9.17, 15) is 4.79 Å². The maximum absolute atomic E-state index is 11.7. The van der Waals surface area contributed by atoms with Crippen molar-refractivity contribution >= 4 is 5.78 Å². The number of ether oxygens (including phenoxy) is 2. The van der Waals surface area contributed by atoms with Gasteiger partial charge in [0.2, 0.25) is 0 Å². The monoisotopic (exact) mass is 226 g/mol. The highest BCUT2D eigenvalue weighted by atomic mass is 16.6. The van der Waals surface area contributed by atoms with Crippen molar-refractivity contribution in [3.05, 3.63) is 12.2 Å². The van der Waals surface area contributed by atoms with Crippen molar-refractivity contribution in [1.29, 1.82) is 0 Å². The number of carbonyl (C=O) groups excluding carboxylic acids is 1. The van der Waals surface area contributed by atoms with Crippen LogP contribution in [-0.2, 0) is 14.3 Å². The molecular weight excluding hydrogens is 204 g/mol. The van der Waals surface area contributed by atoms with Crippen molar-refractivity contribution in [2.75, 3.05) is 0 Å². The second-order valence-electron chi connectivity index (χ2n) is 6.11. The lowest BCUT2D eigenvalue weighted by Crippen LogP contribution is -2.41. The summed E-state index contributed by atoms with van der Waals surface area (Å²) in [5.74, 6) is -0.0100. The van der Waals surface area contributed by atoms with Crippen molar-refractivity contribution in [3.63, 3.8) is 0 Å². The minimum Gasteiger partial charge on any atom is -0.365 e. The van der Waals surface area contributed by atoms with Crippen LogP contribution in [-0.4, -0.2) is 29.2 Å². The summed E-state index contributed by atoms with van der Waals surface area (Å²) in [7, 11) is 0. The Hall–Kier alpha value is -0.670. The Morgan fingerprint density at radius 2 is 1.50 bits per heavy atom. The Kier molecular flexibility index (Phi) is 3.60. The molecule has 2 atom stereocenters. The summed E-state index contributed by atoms with van der Waals surface area (Å²) in [4.78, 5) is 11.7. The lowest BCUT2D eigenvalue weighted by atomic mass is 10.1. The quantitative estimate of drug-likeness (QED) is 0.725. The van der Waals surface area contributed by atoms with Crippen LogP contribution in [0.15, 0.2) is 12.2 Å². The van der Waals surface area contributed by atoms with Gasteiger partial charge in [-0.3, -0.25) is 4.79 Å². The predicted octanol–water partition coefficient (Wildman–Crippen LogP) is 2.49. The maximum atomic E-state index is 11.7. The van der Waals surface area contributed by atoms with E-state index in [0.29, 0.717) is 0 Å². The molecule has 3 nitrogen and oxygen atoms in total. The number of carbonyl (C=O) groups is 1. The largest absolute Gasteiger partial charge is 0.365 e. The molecule has 0 saturated heterocycles. The van der Waals surface area contributed by atoms with Gasteiger partial charge in [0.25, 0.3) is 0 Å². The fraction of sp³-hybridized carbons (Fsp3) is 0.769. The number of hydrogen-bond acceptors (Lipinski definition) is 3. The average Bonchev–Trinajstić information content (AvgIpc) is 2.30. The van der Waals surface area contributed by atoms with Gasteiger partial charge in [-0.25, -0.2) is 0 Å². The lowest BCUT2D eigenvalue weighted by Gasteiger charge is -2.31. The second kappa shape index (κ2) is 4.30. The lowest BCUT2D eigenvalue weighted by molar-refractivity contribution is -0.158. The van der Waals surface area contributed by atoms with Crippen molar-refractivity contribution in [3.8, 4) is 0 Å². The summed E-state index contributed by atoms with van der Waals surface area (Å²) in [5.41, 5.74) is -0.620. The Balaban J connectivity index is 2.70. The van der Waals surface area contributed by atoms with E-state index in [1.165, 1.54) is 0 Å². The molecule has 0 bridgehead atoms. The second-order valence-corrected chi connectivity index (χ2v) is 6.11. The summed E-state index contributed by atoms with van der Waals surface area (Å²) in [6.45, 7) is 11.7. The molecule has 1 rings (SSSR count). The van der Waals surface area contributed by atoms with Crippen molar-refractivity contribution in [1.82, 2.24) is 0 Å². The van der Waals surface area contributed by atoms with E-state index in [-0.39, 0.29) is 23.1 Å². The van der Waals surface area contributed by atoms with E-state index in [1.54, 1.807) is 12.2 Å². The molecule has 0 radical (unpaired) electrons. The molecule has 3 heteroatoms. The standard InChI is InChI=1S/C13H22O3/c1-12(2,3)15-10-8-7-9(14)11(10)16-13(4,5)6/h7-8,10-11H,1-6H3/t10-,11-/m1/s1. The molecule has 0 amide bonds. The van der Waals surface area contributed by atoms with Gasteiger partial charge in [-0.1, -0.05) is 0 Å². The van der Waals surface area contributed by atoms with Gasteiger partial charge in [0.05, 0.1) is 11.2 Å². The van der Waals surface area contributed by atoms with Gasteiger partial charge in [-0.05, 0) is 53.7 Å². The van der Waals surface area contributed by atoms with Gasteiger partial charge in [0, 0.05) is 0 Å². The van der Waals surface area contributed by atoms with Crippen LogP contribution in [0.4, 0.5) is 0 Å². The van der Waals surface area contributed by atoms with E-state index in [4.69, 9.17) is 9.47 Å². The fourth-order valence-electron chi connectivity index (χ4n) is 1.56. The maximum Gasteiger partial charge on any atom is 0.187 e. The van der Waals surface area contributed by atoms with Crippen LogP contribution in [0.5, 0.6) is 0 Å². The summed E-state index contributed by atoms with van der Waals surface area (Å²) in [6.07, 6.45) is 2.56. The minimum atomic E-state index is -0.501. The van der Waals surface area contributed by atoms with Crippen LogP contribution in [0.2, 0.25) is 0 Å². The molecular formula is C13H22O3. The molecule has 0 saturated carbocycles. The van der Waals surface area contributed by atoms with Crippen LogP contribution < -0.4 is 0 Å². The third-order valence-electron chi connectivity index (χ3n) is 2.00. The Morgan fingerprint density at radius 1 is 1.00 bits per heavy atom. The highest BCUT2D eigenvalue weighted by Gasteiger charge is 2.37. The van der Waals surface area contributed by atoms with Crippen molar-refractivity contribution in [2.24, 2.45) is 0 Å². The molecule has 16 heavy (non-hydrogen) atoms. The molecule has 0 aliphatic heterocycles. The Labute approximate surface area is 97.8 Å². The van der Waals surface area contributed by atoms with Gasteiger partial charge in [0.1, 0.15) is 6.10 Å². The van der Waals surface area contributed by atoms with Crippen LogP contribution >= 0.6 is 0 Å². The molecule has 0 heterocycles. The summed E-state index contributed by atoms with van der Waals surface area (Å²) in [6, 6.07) is 0. The first-order valence-electron chi connectivity index (χ1n) is 5.66. The molecule has 1 aliphatic carbocycles. The number of hydrogen-bond donors (Lipinski definition) is 0. The summed E-state index contributed by atoms with van der Waals surface area (Å²) < 4.78 is 11.5. The molecule has 0 aromatic carbocycles. The van der Waals surface area contributed by atoms with E-state index in [0.717, 1.165) is 0 Å². The Morgan fingerprint density at radius 3 is 1.94 bits per heavy atom. The van der Waals surface area contributed by atoms with Crippen LogP contribution in [0, 0.1) is 0 Å². The third-order valence-corrected chi connectivity index (χ3v) is 2.00. The topological polar surface area (TPSA) is 35.5 Å². The van der Waals surface area contributed by atoms with Gasteiger partial charge in [0.15, 0.2) is 11.9 Å². The van der Waals surface area contributed by atoms with Crippen LogP contribution in [0.1, 0.15) is 41.5 Å². The molecule has 0 unspecified atom stereocenters. The third kappa shape index (κ3) is 4.06. The zero-order valence-electron chi connectivity index (χ0n) is 11.0. The van der Waals surface area contributed by atoms with Gasteiger partial charge in [-0.2, -0.15) is 0 Å². The molecule has 0 spiro atoms. The smallest absolute Gasteiger partial charge is 0.187 e. The van der Waals surface area contributed by atoms with Gasteiger partial charge < -0.3 is 9.47 Å². The molecule has 0 fully saturated rings. The first-order chi connectivity index (χ1) is 7.08. The first-order valence-corrected chi connectivity index (χ1v) is 5.66. The summed E-state index contributed by atoms with van der Waals surface area (Å²) in [5, 5.41) is 0. The zero-order valence-corrected chi connectivity index (χ0v) is 11.0. The highest BCUT2D eigenvalue weighted by Crippen LogP contribution is 2.24. The predicted molar refractivity (Wildman–Crippen MR) is 63.4 cm³/mol. The van der Waals surface area contributed by atoms with E-state index in [1.807, 2.05) is 41.5 Å². The molecule has 0 aromatic heterocycles. The van der Waals surface area contributed by atoms with E-state index in [2.05, 4.69) is 0 Å². The van der Waals surface area contributed by atoms with Crippen molar-refractivity contribution in [2.45, 2.75) is 65.0 Å². The zero-order chi connectivity index (χ0) is 12.6. The Bertz CT molecular complexity index is 291. The molecule has 0 aromatic rings. The number of ketones is 1. The van der Waals surface area contributed by atoms with Gasteiger partial charge >= 0.3 is 0 Å². The number of rotatable bonds is 2. The highest BCUT2D eigenvalue weighted by molar-refractivity contribution is 5.97. The van der Waals surface area contributed by atoms with E-state index >= 15 is 0 Å². The fourth-order valence-corrected chi connectivity index (χ4v) is 1.56. The average molecular weight is 226 g/mol. The molecule has 1 aliphatic rings. The van der Waals surface area contributed by atoms with Crippen LogP contribution in [0.3, 0.4) is 0 Å². The van der Waals surface area contributed by atoms with Gasteiger partial charge in [-0.15, -0.1) is 0 Å². The first kappa shape index (κ1) is 13.4. The van der Waals surface area contributed by atoms with E-state index < -0.39 is 6.10 Å². The summed E-state index contributed by atoms with van der Waals surface area (Å²) >= 11 is 0. The van der Waals surface area contributed by atoms with Crippen LogP contribution in [0.25, 0.3) is 0 Å². The van der Waals surface area contributed by atoms with Crippen molar-refractivity contribution < 1.29 is 14.3 Å². The molecule has 92 valence electrons.